The molecule has 0 saturated carbocycles. The SMILES string of the molecule is N#CC(NCC(F)(F)F)c1ccc(OCC(N)=O)cc1. The van der Waals surface area contributed by atoms with E-state index < -0.39 is 24.7 Å². The summed E-state index contributed by atoms with van der Waals surface area (Å²) in [6.07, 6.45) is -4.39. The van der Waals surface area contributed by atoms with Crippen LogP contribution in [0.2, 0.25) is 0 Å². The number of halogens is 3. The van der Waals surface area contributed by atoms with Gasteiger partial charge in [0.2, 0.25) is 0 Å². The average molecular weight is 287 g/mol. The van der Waals surface area contributed by atoms with Crippen molar-refractivity contribution in [2.75, 3.05) is 13.2 Å². The van der Waals surface area contributed by atoms with Crippen LogP contribution in [-0.2, 0) is 4.79 Å². The summed E-state index contributed by atoms with van der Waals surface area (Å²) in [5, 5.41) is 10.9. The predicted molar refractivity (Wildman–Crippen MR) is 63.5 cm³/mol. The molecule has 1 aromatic rings. The third-order valence-electron chi connectivity index (χ3n) is 2.23. The molecule has 0 spiro atoms. The lowest BCUT2D eigenvalue weighted by atomic mass is 10.1. The molecule has 20 heavy (non-hydrogen) atoms. The Morgan fingerprint density at radius 2 is 2.00 bits per heavy atom. The number of rotatable bonds is 6. The average Bonchev–Trinajstić information content (AvgIpc) is 2.37. The number of nitriles is 1. The largest absolute Gasteiger partial charge is 0.484 e. The molecule has 0 fully saturated rings. The molecule has 0 heterocycles. The summed E-state index contributed by atoms with van der Waals surface area (Å²) in [5.74, 6) is -0.309. The highest BCUT2D eigenvalue weighted by atomic mass is 19.4. The topological polar surface area (TPSA) is 88.1 Å². The summed E-state index contributed by atoms with van der Waals surface area (Å²) < 4.78 is 41.2. The van der Waals surface area contributed by atoms with Gasteiger partial charge in [0.15, 0.2) is 6.61 Å². The van der Waals surface area contributed by atoms with Crippen LogP contribution in [0, 0.1) is 11.3 Å². The van der Waals surface area contributed by atoms with Gasteiger partial charge in [-0.2, -0.15) is 18.4 Å². The van der Waals surface area contributed by atoms with Crippen molar-refractivity contribution in [3.8, 4) is 11.8 Å². The van der Waals surface area contributed by atoms with E-state index in [0.29, 0.717) is 11.3 Å². The van der Waals surface area contributed by atoms with Gasteiger partial charge in [0.25, 0.3) is 5.91 Å². The van der Waals surface area contributed by atoms with Crippen molar-refractivity contribution in [2.45, 2.75) is 12.2 Å². The number of ether oxygens (including phenoxy) is 1. The van der Waals surface area contributed by atoms with E-state index >= 15 is 0 Å². The van der Waals surface area contributed by atoms with Crippen molar-refractivity contribution in [2.24, 2.45) is 5.73 Å². The van der Waals surface area contributed by atoms with Gasteiger partial charge in [-0.15, -0.1) is 0 Å². The summed E-state index contributed by atoms with van der Waals surface area (Å²) in [4.78, 5) is 10.5. The monoisotopic (exact) mass is 287 g/mol. The molecule has 1 aromatic carbocycles. The second-order valence-electron chi connectivity index (χ2n) is 3.88. The van der Waals surface area contributed by atoms with Crippen molar-refractivity contribution in [1.82, 2.24) is 5.32 Å². The molecule has 1 amide bonds. The van der Waals surface area contributed by atoms with Crippen molar-refractivity contribution in [1.29, 1.82) is 5.26 Å². The maximum atomic E-state index is 12.1. The van der Waals surface area contributed by atoms with E-state index in [1.54, 1.807) is 6.07 Å². The van der Waals surface area contributed by atoms with Crippen LogP contribution >= 0.6 is 0 Å². The van der Waals surface area contributed by atoms with Crippen LogP contribution < -0.4 is 15.8 Å². The Balaban J connectivity index is 2.65. The normalized spacial score (nSPS) is 12.5. The molecular weight excluding hydrogens is 275 g/mol. The van der Waals surface area contributed by atoms with Gasteiger partial charge in [-0.05, 0) is 17.7 Å². The summed E-state index contributed by atoms with van der Waals surface area (Å²) in [6.45, 7) is -1.56. The minimum Gasteiger partial charge on any atom is -0.484 e. The number of nitrogens with zero attached hydrogens (tertiary/aromatic N) is 1. The molecule has 0 aliphatic heterocycles. The van der Waals surface area contributed by atoms with Crippen LogP contribution in [0.5, 0.6) is 5.75 Å². The van der Waals surface area contributed by atoms with Crippen LogP contribution in [0.3, 0.4) is 0 Å². The van der Waals surface area contributed by atoms with E-state index in [-0.39, 0.29) is 6.61 Å². The molecule has 0 saturated heterocycles. The molecule has 0 aliphatic rings. The van der Waals surface area contributed by atoms with Gasteiger partial charge in [-0.25, -0.2) is 0 Å². The number of hydrogen-bond donors (Lipinski definition) is 2. The third kappa shape index (κ3) is 5.58. The highest BCUT2D eigenvalue weighted by Crippen LogP contribution is 2.19. The quantitative estimate of drug-likeness (QED) is 0.824. The fourth-order valence-electron chi connectivity index (χ4n) is 1.37. The minimum absolute atomic E-state index is 0.298. The first-order valence-electron chi connectivity index (χ1n) is 5.52. The number of carbonyl (C=O) groups is 1. The number of nitrogens with two attached hydrogens (primary N) is 1. The lowest BCUT2D eigenvalue weighted by Gasteiger charge is -2.14. The third-order valence-corrected chi connectivity index (χ3v) is 2.23. The highest BCUT2D eigenvalue weighted by molar-refractivity contribution is 5.75. The molecule has 8 heteroatoms. The Labute approximate surface area is 113 Å². The summed E-state index contributed by atoms with van der Waals surface area (Å²) in [6, 6.07) is 6.41. The predicted octanol–water partition coefficient (Wildman–Crippen LogP) is 1.27. The van der Waals surface area contributed by atoms with Crippen molar-refractivity contribution in [3.63, 3.8) is 0 Å². The zero-order valence-electron chi connectivity index (χ0n) is 10.3. The smallest absolute Gasteiger partial charge is 0.401 e. The maximum absolute atomic E-state index is 12.1. The number of nitrogens with one attached hydrogen (secondary N) is 1. The number of benzene rings is 1. The van der Waals surface area contributed by atoms with Crippen LogP contribution in [0.4, 0.5) is 13.2 Å². The summed E-state index contributed by atoms with van der Waals surface area (Å²) in [5.41, 5.74) is 5.26. The molecule has 1 unspecified atom stereocenters. The van der Waals surface area contributed by atoms with Crippen LogP contribution in [0.25, 0.3) is 0 Å². The molecule has 0 aliphatic carbocycles. The lowest BCUT2D eigenvalue weighted by molar-refractivity contribution is -0.125. The maximum Gasteiger partial charge on any atom is 0.401 e. The molecule has 0 bridgehead atoms. The van der Waals surface area contributed by atoms with Gasteiger partial charge in [0.1, 0.15) is 11.8 Å². The molecule has 1 atom stereocenters. The Kier molecular flexibility index (Phi) is 5.34. The Morgan fingerprint density at radius 1 is 1.40 bits per heavy atom. The fraction of sp³-hybridized carbons (Fsp3) is 0.333. The highest BCUT2D eigenvalue weighted by Gasteiger charge is 2.28. The van der Waals surface area contributed by atoms with E-state index in [1.165, 1.54) is 24.3 Å². The number of alkyl halides is 3. The number of amides is 1. The van der Waals surface area contributed by atoms with Crippen molar-refractivity contribution >= 4 is 5.91 Å². The van der Waals surface area contributed by atoms with Crippen molar-refractivity contribution in [3.05, 3.63) is 29.8 Å². The van der Waals surface area contributed by atoms with Crippen LogP contribution in [0.1, 0.15) is 11.6 Å². The standard InChI is InChI=1S/C12H12F3N3O2/c13-12(14,15)7-18-10(5-16)8-1-3-9(4-2-8)20-6-11(17)19/h1-4,10,18H,6-7H2,(H2,17,19). The minimum atomic E-state index is -4.39. The molecule has 3 N–H and O–H groups in total. The van der Waals surface area contributed by atoms with E-state index in [1.807, 2.05) is 0 Å². The van der Waals surface area contributed by atoms with Gasteiger partial charge in [-0.1, -0.05) is 12.1 Å². The van der Waals surface area contributed by atoms with E-state index in [9.17, 15) is 18.0 Å². The van der Waals surface area contributed by atoms with Gasteiger partial charge in [-0.3, -0.25) is 10.1 Å². The molecular formula is C12H12F3N3O2. The first kappa shape index (κ1) is 15.8. The molecule has 0 radical (unpaired) electrons. The lowest BCUT2D eigenvalue weighted by Crippen LogP contribution is -2.31. The zero-order chi connectivity index (χ0) is 15.2. The number of hydrogen-bond acceptors (Lipinski definition) is 4. The fourth-order valence-corrected chi connectivity index (χ4v) is 1.37. The van der Waals surface area contributed by atoms with Gasteiger partial charge >= 0.3 is 6.18 Å². The van der Waals surface area contributed by atoms with E-state index in [2.05, 4.69) is 5.32 Å². The molecule has 108 valence electrons. The number of primary amides is 1. The molecule has 0 aromatic heterocycles. The van der Waals surface area contributed by atoms with Crippen LogP contribution in [-0.4, -0.2) is 25.2 Å². The Hall–Kier alpha value is -2.27. The summed E-state index contributed by atoms with van der Waals surface area (Å²) in [7, 11) is 0. The summed E-state index contributed by atoms with van der Waals surface area (Å²) >= 11 is 0. The van der Waals surface area contributed by atoms with Crippen molar-refractivity contribution < 1.29 is 22.7 Å². The van der Waals surface area contributed by atoms with Gasteiger partial charge in [0, 0.05) is 0 Å². The Bertz CT molecular complexity index is 494. The second kappa shape index (κ2) is 6.77. The first-order valence-corrected chi connectivity index (χ1v) is 5.52. The van der Waals surface area contributed by atoms with Gasteiger partial charge < -0.3 is 10.5 Å². The molecule has 5 nitrogen and oxygen atoms in total. The number of carbonyl (C=O) groups excluding carboxylic acids is 1. The first-order chi connectivity index (χ1) is 9.31. The van der Waals surface area contributed by atoms with Gasteiger partial charge in [0.05, 0.1) is 12.6 Å². The van der Waals surface area contributed by atoms with E-state index in [4.69, 9.17) is 15.7 Å². The van der Waals surface area contributed by atoms with Crippen LogP contribution in [0.15, 0.2) is 24.3 Å². The molecule has 1 rings (SSSR count). The Morgan fingerprint density at radius 3 is 2.45 bits per heavy atom. The second-order valence-corrected chi connectivity index (χ2v) is 3.88. The van der Waals surface area contributed by atoms with E-state index in [0.717, 1.165) is 0 Å². The zero-order valence-corrected chi connectivity index (χ0v) is 10.3.